The van der Waals surface area contributed by atoms with E-state index in [1.807, 2.05) is 32.9 Å². The maximum atomic E-state index is 12.5. The Kier molecular flexibility index (Phi) is 8.29. The largest absolute Gasteiger partial charge is 0.493 e. The average molecular weight is 451 g/mol. The molecule has 2 aromatic rings. The monoisotopic (exact) mass is 450 g/mol. The van der Waals surface area contributed by atoms with Crippen LogP contribution in [0.15, 0.2) is 47.4 Å². The van der Waals surface area contributed by atoms with Crippen molar-refractivity contribution in [2.75, 3.05) is 27.4 Å². The molecule has 0 aromatic heterocycles. The Morgan fingerprint density at radius 2 is 1.61 bits per heavy atom. The van der Waals surface area contributed by atoms with Gasteiger partial charge in [-0.25, -0.2) is 13.1 Å². The summed E-state index contributed by atoms with van der Waals surface area (Å²) in [5.41, 5.74) is 0.568. The molecule has 0 heterocycles. The quantitative estimate of drug-likeness (QED) is 0.577. The Bertz CT molecular complexity index is 982. The molecule has 0 fully saturated rings. The van der Waals surface area contributed by atoms with E-state index in [1.165, 1.54) is 24.3 Å². The van der Waals surface area contributed by atoms with Crippen LogP contribution >= 0.6 is 0 Å². The first-order valence-electron chi connectivity index (χ1n) is 9.78. The van der Waals surface area contributed by atoms with Crippen molar-refractivity contribution in [3.8, 4) is 17.2 Å². The van der Waals surface area contributed by atoms with E-state index in [1.54, 1.807) is 20.3 Å². The first kappa shape index (κ1) is 24.5. The molecule has 8 nitrogen and oxygen atoms in total. The maximum absolute atomic E-state index is 12.5. The van der Waals surface area contributed by atoms with Gasteiger partial charge in [-0.1, -0.05) is 6.07 Å². The fourth-order valence-corrected chi connectivity index (χ4v) is 3.80. The number of rotatable bonds is 10. The number of nitrogens with one attached hydrogen (secondary N) is 2. The summed E-state index contributed by atoms with van der Waals surface area (Å²) in [6.07, 6.45) is 0.490. The molecule has 0 aliphatic rings. The number of sulfonamides is 1. The zero-order valence-electron chi connectivity index (χ0n) is 18.5. The second-order valence-electron chi connectivity index (χ2n) is 7.90. The van der Waals surface area contributed by atoms with E-state index in [4.69, 9.17) is 14.2 Å². The maximum Gasteiger partial charge on any atom is 0.258 e. The summed E-state index contributed by atoms with van der Waals surface area (Å²) in [4.78, 5) is 11.9. The molecule has 0 saturated carbocycles. The van der Waals surface area contributed by atoms with Crippen LogP contribution in [0.4, 0.5) is 0 Å². The molecule has 0 unspecified atom stereocenters. The summed E-state index contributed by atoms with van der Waals surface area (Å²) >= 11 is 0. The average Bonchev–Trinajstić information content (AvgIpc) is 2.71. The van der Waals surface area contributed by atoms with E-state index in [0.29, 0.717) is 23.7 Å². The van der Waals surface area contributed by atoms with E-state index in [0.717, 1.165) is 5.56 Å². The summed E-state index contributed by atoms with van der Waals surface area (Å²) < 4.78 is 43.5. The molecular formula is C22H30N2O6S. The Labute approximate surface area is 184 Å². The zero-order valence-corrected chi connectivity index (χ0v) is 19.3. The first-order valence-corrected chi connectivity index (χ1v) is 11.3. The van der Waals surface area contributed by atoms with Gasteiger partial charge in [0.2, 0.25) is 10.0 Å². The highest BCUT2D eigenvalue weighted by Gasteiger charge is 2.16. The molecule has 0 bridgehead atoms. The molecule has 2 aromatic carbocycles. The Morgan fingerprint density at radius 3 is 2.19 bits per heavy atom. The van der Waals surface area contributed by atoms with Crippen molar-refractivity contribution in [2.45, 2.75) is 37.6 Å². The third-order valence-electron chi connectivity index (χ3n) is 4.17. The summed E-state index contributed by atoms with van der Waals surface area (Å²) in [6.45, 7) is 5.71. The molecule has 0 aliphatic carbocycles. The number of benzene rings is 2. The first-order chi connectivity index (χ1) is 14.5. The second kappa shape index (κ2) is 10.5. The summed E-state index contributed by atoms with van der Waals surface area (Å²) in [7, 11) is -0.563. The fourth-order valence-electron chi connectivity index (χ4n) is 2.77. The van der Waals surface area contributed by atoms with E-state index in [9.17, 15) is 13.2 Å². The van der Waals surface area contributed by atoms with Crippen molar-refractivity contribution < 1.29 is 27.4 Å². The standard InChI is InChI=1S/C22H30N2O6S/c1-22(2,3)24-21(25)15-30-17-7-9-18(10-8-17)31(26,27)23-13-12-16-6-11-19(28-4)20(14-16)29-5/h6-11,14,23H,12-13,15H2,1-5H3,(H,24,25). The van der Waals surface area contributed by atoms with Crippen LogP contribution in [-0.2, 0) is 21.2 Å². The highest BCUT2D eigenvalue weighted by Crippen LogP contribution is 2.27. The van der Waals surface area contributed by atoms with Gasteiger partial charge in [-0.15, -0.1) is 0 Å². The number of carbonyl (C=O) groups excluding carboxylic acids is 1. The molecule has 2 N–H and O–H groups in total. The minimum atomic E-state index is -3.67. The molecule has 2 rings (SSSR count). The van der Waals surface area contributed by atoms with E-state index < -0.39 is 10.0 Å². The number of hydrogen-bond donors (Lipinski definition) is 2. The van der Waals surface area contributed by atoms with Gasteiger partial charge in [0.25, 0.3) is 5.91 Å². The molecule has 0 saturated heterocycles. The fraction of sp³-hybridized carbons (Fsp3) is 0.409. The number of hydrogen-bond acceptors (Lipinski definition) is 6. The summed E-state index contributed by atoms with van der Waals surface area (Å²) in [5.74, 6) is 1.37. The molecule has 0 spiro atoms. The van der Waals surface area contributed by atoms with Crippen LogP contribution < -0.4 is 24.2 Å². The minimum absolute atomic E-state index is 0.117. The van der Waals surface area contributed by atoms with Crippen LogP contribution in [0.2, 0.25) is 0 Å². The van der Waals surface area contributed by atoms with Crippen LogP contribution in [0.1, 0.15) is 26.3 Å². The van der Waals surface area contributed by atoms with Gasteiger partial charge in [0, 0.05) is 12.1 Å². The van der Waals surface area contributed by atoms with E-state index in [2.05, 4.69) is 10.0 Å². The van der Waals surface area contributed by atoms with Gasteiger partial charge in [-0.3, -0.25) is 4.79 Å². The van der Waals surface area contributed by atoms with Crippen LogP contribution in [-0.4, -0.2) is 47.2 Å². The third-order valence-corrected chi connectivity index (χ3v) is 5.65. The number of carbonyl (C=O) groups is 1. The topological polar surface area (TPSA) is 103 Å². The van der Waals surface area contributed by atoms with Crippen molar-refractivity contribution in [2.24, 2.45) is 0 Å². The normalized spacial score (nSPS) is 11.6. The molecule has 0 atom stereocenters. The molecular weight excluding hydrogens is 420 g/mol. The molecule has 1 amide bonds. The van der Waals surface area contributed by atoms with Crippen molar-refractivity contribution in [1.82, 2.24) is 10.0 Å². The van der Waals surface area contributed by atoms with Gasteiger partial charge in [-0.05, 0) is 69.2 Å². The summed E-state index contributed by atoms with van der Waals surface area (Å²) in [5, 5.41) is 2.79. The Hall–Kier alpha value is -2.78. The lowest BCUT2D eigenvalue weighted by molar-refractivity contribution is -0.124. The smallest absolute Gasteiger partial charge is 0.258 e. The lowest BCUT2D eigenvalue weighted by Crippen LogP contribution is -2.43. The van der Waals surface area contributed by atoms with Crippen molar-refractivity contribution in [1.29, 1.82) is 0 Å². The van der Waals surface area contributed by atoms with Gasteiger partial charge in [0.15, 0.2) is 18.1 Å². The number of methoxy groups -OCH3 is 2. The van der Waals surface area contributed by atoms with Crippen LogP contribution in [0.5, 0.6) is 17.2 Å². The number of amides is 1. The highest BCUT2D eigenvalue weighted by molar-refractivity contribution is 7.89. The minimum Gasteiger partial charge on any atom is -0.493 e. The molecule has 31 heavy (non-hydrogen) atoms. The van der Waals surface area contributed by atoms with Crippen LogP contribution in [0.3, 0.4) is 0 Å². The Balaban J connectivity index is 1.90. The highest BCUT2D eigenvalue weighted by atomic mass is 32.2. The third kappa shape index (κ3) is 7.76. The van der Waals surface area contributed by atoms with Gasteiger partial charge < -0.3 is 19.5 Å². The van der Waals surface area contributed by atoms with E-state index in [-0.39, 0.29) is 29.5 Å². The van der Waals surface area contributed by atoms with Crippen LogP contribution in [0, 0.1) is 0 Å². The summed E-state index contributed by atoms with van der Waals surface area (Å²) in [6, 6.07) is 11.4. The van der Waals surface area contributed by atoms with Crippen molar-refractivity contribution in [3.05, 3.63) is 48.0 Å². The van der Waals surface area contributed by atoms with Crippen LogP contribution in [0.25, 0.3) is 0 Å². The van der Waals surface area contributed by atoms with Crippen molar-refractivity contribution >= 4 is 15.9 Å². The lowest BCUT2D eigenvalue weighted by atomic mass is 10.1. The number of ether oxygens (including phenoxy) is 3. The second-order valence-corrected chi connectivity index (χ2v) is 9.66. The molecule has 0 aliphatic heterocycles. The zero-order chi connectivity index (χ0) is 23.1. The predicted octanol–water partition coefficient (Wildman–Crippen LogP) is 2.52. The van der Waals surface area contributed by atoms with Gasteiger partial charge >= 0.3 is 0 Å². The predicted molar refractivity (Wildman–Crippen MR) is 118 cm³/mol. The van der Waals surface area contributed by atoms with Gasteiger partial charge in [0.05, 0.1) is 19.1 Å². The van der Waals surface area contributed by atoms with Gasteiger partial charge in [0.1, 0.15) is 5.75 Å². The molecule has 170 valence electrons. The van der Waals surface area contributed by atoms with Crippen molar-refractivity contribution in [3.63, 3.8) is 0 Å². The van der Waals surface area contributed by atoms with Gasteiger partial charge in [-0.2, -0.15) is 0 Å². The van der Waals surface area contributed by atoms with E-state index >= 15 is 0 Å². The molecule has 9 heteroatoms. The SMILES string of the molecule is COc1ccc(CCNS(=O)(=O)c2ccc(OCC(=O)NC(C)(C)C)cc2)cc1OC. The molecule has 0 radical (unpaired) electrons. The lowest BCUT2D eigenvalue weighted by Gasteiger charge is -2.20. The Morgan fingerprint density at radius 1 is 0.968 bits per heavy atom.